The molecular formula is C14H8Cl2N2O. The number of ketones is 1. The molecule has 0 spiro atoms. The van der Waals surface area contributed by atoms with Gasteiger partial charge in [-0.15, -0.1) is 0 Å². The zero-order valence-corrected chi connectivity index (χ0v) is 11.2. The molecule has 0 aliphatic rings. The molecule has 1 heterocycles. The van der Waals surface area contributed by atoms with E-state index in [4.69, 9.17) is 23.2 Å². The minimum atomic E-state index is -0.918. The second kappa shape index (κ2) is 5.83. The highest BCUT2D eigenvalue weighted by Gasteiger charge is 2.22. The Bertz CT molecular complexity index is 650. The number of hydrogen-bond acceptors (Lipinski definition) is 3. The molecule has 0 aliphatic carbocycles. The number of carbonyl (C=O) groups is 1. The second-order valence-electron chi connectivity index (χ2n) is 3.84. The molecule has 0 bridgehead atoms. The lowest BCUT2D eigenvalue weighted by Gasteiger charge is -2.09. The number of hydrogen-bond donors (Lipinski definition) is 0. The van der Waals surface area contributed by atoms with Gasteiger partial charge >= 0.3 is 0 Å². The van der Waals surface area contributed by atoms with E-state index in [0.717, 1.165) is 0 Å². The van der Waals surface area contributed by atoms with Crippen molar-refractivity contribution in [3.05, 3.63) is 63.9 Å². The van der Waals surface area contributed by atoms with Crippen molar-refractivity contribution in [1.82, 2.24) is 4.98 Å². The number of aromatic nitrogens is 1. The van der Waals surface area contributed by atoms with Gasteiger partial charge in [-0.1, -0.05) is 29.3 Å². The van der Waals surface area contributed by atoms with E-state index >= 15 is 0 Å². The summed E-state index contributed by atoms with van der Waals surface area (Å²) < 4.78 is 0. The van der Waals surface area contributed by atoms with Crippen LogP contribution >= 0.6 is 23.2 Å². The average Bonchev–Trinajstić information content (AvgIpc) is 2.44. The van der Waals surface area contributed by atoms with Crippen molar-refractivity contribution in [2.24, 2.45) is 0 Å². The lowest BCUT2D eigenvalue weighted by Crippen LogP contribution is -2.11. The molecule has 0 saturated carbocycles. The van der Waals surface area contributed by atoms with Gasteiger partial charge in [-0.2, -0.15) is 5.26 Å². The smallest absolute Gasteiger partial charge is 0.185 e. The third kappa shape index (κ3) is 2.93. The Kier molecular flexibility index (Phi) is 4.16. The largest absolute Gasteiger partial charge is 0.292 e. The minimum Gasteiger partial charge on any atom is -0.292 e. The van der Waals surface area contributed by atoms with Crippen molar-refractivity contribution in [3.8, 4) is 6.07 Å². The van der Waals surface area contributed by atoms with Crippen LogP contribution in [-0.2, 0) is 0 Å². The van der Waals surface area contributed by atoms with E-state index in [9.17, 15) is 10.1 Å². The number of nitrogens with zero attached hydrogens (tertiary/aromatic N) is 2. The molecule has 1 atom stereocenters. The first-order chi connectivity index (χ1) is 9.13. The molecule has 1 unspecified atom stereocenters. The lowest BCUT2D eigenvalue weighted by molar-refractivity contribution is 0.0978. The van der Waals surface area contributed by atoms with Crippen LogP contribution in [-0.4, -0.2) is 10.8 Å². The van der Waals surface area contributed by atoms with E-state index in [0.29, 0.717) is 21.2 Å². The third-order valence-corrected chi connectivity index (χ3v) is 3.35. The number of rotatable bonds is 3. The van der Waals surface area contributed by atoms with E-state index in [-0.39, 0.29) is 5.78 Å². The molecule has 0 saturated heterocycles. The Morgan fingerprint density at radius 3 is 2.63 bits per heavy atom. The number of Topliss-reactive ketones (excluding diaryl/α,β-unsaturated/α-hetero) is 1. The lowest BCUT2D eigenvalue weighted by atomic mass is 9.92. The maximum atomic E-state index is 12.2. The van der Waals surface area contributed by atoms with Gasteiger partial charge < -0.3 is 0 Å². The zero-order valence-electron chi connectivity index (χ0n) is 9.68. The van der Waals surface area contributed by atoms with E-state index in [1.54, 1.807) is 30.5 Å². The van der Waals surface area contributed by atoms with Gasteiger partial charge in [-0.25, -0.2) is 0 Å². The highest BCUT2D eigenvalue weighted by molar-refractivity contribution is 6.42. The average molecular weight is 291 g/mol. The maximum Gasteiger partial charge on any atom is 0.185 e. The highest BCUT2D eigenvalue weighted by atomic mass is 35.5. The predicted octanol–water partition coefficient (Wildman–Crippen LogP) is 3.88. The SMILES string of the molecule is N#CC(C(=O)c1cccnc1)c1ccc(Cl)c(Cl)c1. The van der Waals surface area contributed by atoms with Gasteiger partial charge in [0.1, 0.15) is 5.92 Å². The molecule has 0 aliphatic heterocycles. The number of benzene rings is 1. The summed E-state index contributed by atoms with van der Waals surface area (Å²) in [5.41, 5.74) is 0.908. The summed E-state index contributed by atoms with van der Waals surface area (Å²) in [6, 6.07) is 9.98. The quantitative estimate of drug-likeness (QED) is 0.806. The van der Waals surface area contributed by atoms with E-state index in [2.05, 4.69) is 4.98 Å². The van der Waals surface area contributed by atoms with Gasteiger partial charge in [0.15, 0.2) is 5.78 Å². The molecule has 0 fully saturated rings. The van der Waals surface area contributed by atoms with E-state index in [1.165, 1.54) is 12.3 Å². The third-order valence-electron chi connectivity index (χ3n) is 2.61. The topological polar surface area (TPSA) is 53.8 Å². The summed E-state index contributed by atoms with van der Waals surface area (Å²) in [5.74, 6) is -1.23. The Labute approximate surface area is 120 Å². The van der Waals surface area contributed by atoms with Crippen molar-refractivity contribution in [1.29, 1.82) is 5.26 Å². The molecule has 0 amide bonds. The fourth-order valence-electron chi connectivity index (χ4n) is 1.65. The molecule has 94 valence electrons. The van der Waals surface area contributed by atoms with Crippen LogP contribution in [0.2, 0.25) is 10.0 Å². The van der Waals surface area contributed by atoms with Crippen LogP contribution in [0.5, 0.6) is 0 Å². The molecule has 19 heavy (non-hydrogen) atoms. The monoisotopic (exact) mass is 290 g/mol. The molecule has 0 N–H and O–H groups in total. The summed E-state index contributed by atoms with van der Waals surface area (Å²) >= 11 is 11.7. The first-order valence-corrected chi connectivity index (χ1v) is 6.18. The van der Waals surface area contributed by atoms with E-state index in [1.807, 2.05) is 6.07 Å². The van der Waals surface area contributed by atoms with Crippen LogP contribution < -0.4 is 0 Å². The Hall–Kier alpha value is -1.89. The van der Waals surface area contributed by atoms with Crippen LogP contribution in [0, 0.1) is 11.3 Å². The predicted molar refractivity (Wildman–Crippen MR) is 73.4 cm³/mol. The van der Waals surface area contributed by atoms with Gasteiger partial charge in [0.05, 0.1) is 16.1 Å². The molecule has 3 nitrogen and oxygen atoms in total. The number of pyridine rings is 1. The van der Waals surface area contributed by atoms with Crippen molar-refractivity contribution < 1.29 is 4.79 Å². The van der Waals surface area contributed by atoms with Gasteiger partial charge in [-0.3, -0.25) is 9.78 Å². The van der Waals surface area contributed by atoms with Crippen molar-refractivity contribution >= 4 is 29.0 Å². The molecule has 2 aromatic rings. The van der Waals surface area contributed by atoms with Gasteiger partial charge in [0.25, 0.3) is 0 Å². The number of halogens is 2. The Balaban J connectivity index is 2.38. The van der Waals surface area contributed by atoms with Crippen LogP contribution in [0.15, 0.2) is 42.7 Å². The summed E-state index contributed by atoms with van der Waals surface area (Å²) in [7, 11) is 0. The van der Waals surface area contributed by atoms with Gasteiger partial charge in [0, 0.05) is 18.0 Å². The Morgan fingerprint density at radius 1 is 1.26 bits per heavy atom. The summed E-state index contributed by atoms with van der Waals surface area (Å²) in [6.07, 6.45) is 3.00. The molecule has 5 heteroatoms. The fraction of sp³-hybridized carbons (Fsp3) is 0.0714. The normalized spacial score (nSPS) is 11.6. The standard InChI is InChI=1S/C14H8Cl2N2O/c15-12-4-3-9(6-13(12)16)11(7-17)14(19)10-2-1-5-18-8-10/h1-6,8,11H. The zero-order chi connectivity index (χ0) is 13.8. The molecule has 2 rings (SSSR count). The van der Waals surface area contributed by atoms with Gasteiger partial charge in [-0.05, 0) is 29.8 Å². The fourth-order valence-corrected chi connectivity index (χ4v) is 1.96. The first-order valence-electron chi connectivity index (χ1n) is 5.42. The number of carbonyl (C=O) groups excluding carboxylic acids is 1. The van der Waals surface area contributed by atoms with Crippen molar-refractivity contribution in [3.63, 3.8) is 0 Å². The highest BCUT2D eigenvalue weighted by Crippen LogP contribution is 2.28. The van der Waals surface area contributed by atoms with Crippen molar-refractivity contribution in [2.45, 2.75) is 5.92 Å². The molecule has 1 aromatic heterocycles. The summed E-state index contributed by atoms with van der Waals surface area (Å²) in [5, 5.41) is 9.91. The second-order valence-corrected chi connectivity index (χ2v) is 4.66. The van der Waals surface area contributed by atoms with Crippen LogP contribution in [0.4, 0.5) is 0 Å². The summed E-state index contributed by atoms with van der Waals surface area (Å²) in [6.45, 7) is 0. The molecule has 0 radical (unpaired) electrons. The number of nitriles is 1. The van der Waals surface area contributed by atoms with Gasteiger partial charge in [0.2, 0.25) is 0 Å². The van der Waals surface area contributed by atoms with Crippen molar-refractivity contribution in [2.75, 3.05) is 0 Å². The first kappa shape index (κ1) is 13.5. The molecular weight excluding hydrogens is 283 g/mol. The maximum absolute atomic E-state index is 12.2. The van der Waals surface area contributed by atoms with Crippen LogP contribution in [0.25, 0.3) is 0 Å². The van der Waals surface area contributed by atoms with E-state index < -0.39 is 5.92 Å². The molecule has 1 aromatic carbocycles. The van der Waals surface area contributed by atoms with Crippen LogP contribution in [0.1, 0.15) is 21.8 Å². The van der Waals surface area contributed by atoms with Crippen LogP contribution in [0.3, 0.4) is 0 Å². The Morgan fingerprint density at radius 2 is 2.05 bits per heavy atom. The summed E-state index contributed by atoms with van der Waals surface area (Å²) in [4.78, 5) is 16.1. The minimum absolute atomic E-state index is 0.311.